The minimum atomic E-state index is -4.52. The summed E-state index contributed by atoms with van der Waals surface area (Å²) in [7, 11) is 0. The van der Waals surface area contributed by atoms with Gasteiger partial charge in [0.05, 0.1) is 17.9 Å². The maximum Gasteiger partial charge on any atom is 0.418 e. The Morgan fingerprint density at radius 3 is 2.45 bits per heavy atom. The number of hydrogen-bond donors (Lipinski definition) is 1. The van der Waals surface area contributed by atoms with Crippen molar-refractivity contribution in [3.63, 3.8) is 0 Å². The lowest BCUT2D eigenvalue weighted by molar-refractivity contribution is -0.139. The maximum absolute atomic E-state index is 13.0. The molecule has 2 rings (SSSR count). The molecule has 0 atom stereocenters. The van der Waals surface area contributed by atoms with Gasteiger partial charge in [-0.05, 0) is 37.8 Å². The average molecular weight is 413 g/mol. The van der Waals surface area contributed by atoms with E-state index in [9.17, 15) is 22.8 Å². The Balaban J connectivity index is 2.06. The SMILES string of the molecule is CCc1nc(NN2C(=O)C(C)=C(CCOCCC(C)C)C2=O)ccc1C(F)(F)F. The summed E-state index contributed by atoms with van der Waals surface area (Å²) in [5, 5.41) is 0.786. The molecule has 9 heteroatoms. The molecular weight excluding hydrogens is 387 g/mol. The predicted molar refractivity (Wildman–Crippen MR) is 102 cm³/mol. The van der Waals surface area contributed by atoms with Crippen LogP contribution in [-0.4, -0.2) is 35.0 Å². The molecule has 0 unspecified atom stereocenters. The van der Waals surface area contributed by atoms with Crippen LogP contribution >= 0.6 is 0 Å². The highest BCUT2D eigenvalue weighted by atomic mass is 19.4. The van der Waals surface area contributed by atoms with E-state index in [0.29, 0.717) is 24.7 Å². The number of carbonyl (C=O) groups excluding carboxylic acids is 2. The number of carbonyl (C=O) groups is 2. The highest BCUT2D eigenvalue weighted by Gasteiger charge is 2.37. The Bertz CT molecular complexity index is 804. The van der Waals surface area contributed by atoms with Crippen molar-refractivity contribution in [2.75, 3.05) is 18.6 Å². The van der Waals surface area contributed by atoms with Crippen LogP contribution in [0.1, 0.15) is 51.8 Å². The number of amides is 2. The highest BCUT2D eigenvalue weighted by Crippen LogP contribution is 2.32. The first-order valence-electron chi connectivity index (χ1n) is 9.56. The standard InChI is InChI=1S/C20H26F3N3O3/c1-5-16-15(20(21,22)23)6-7-17(24-16)25-26-18(27)13(4)14(19(26)28)9-11-29-10-8-12(2)3/h6-7,12H,5,8-11H2,1-4H3,(H,24,25). The molecule has 1 aromatic heterocycles. The van der Waals surface area contributed by atoms with Crippen molar-refractivity contribution in [1.82, 2.24) is 9.99 Å². The third-order valence-electron chi connectivity index (χ3n) is 4.61. The van der Waals surface area contributed by atoms with E-state index in [1.165, 1.54) is 0 Å². The van der Waals surface area contributed by atoms with Gasteiger partial charge in [-0.3, -0.25) is 15.0 Å². The number of hydrogen-bond acceptors (Lipinski definition) is 5. The molecule has 0 saturated carbocycles. The Labute approximate surface area is 168 Å². The average Bonchev–Trinajstić information content (AvgIpc) is 2.84. The first-order valence-corrected chi connectivity index (χ1v) is 9.56. The molecule has 0 aromatic carbocycles. The normalized spacial score (nSPS) is 15.1. The second-order valence-electron chi connectivity index (χ2n) is 7.25. The zero-order valence-corrected chi connectivity index (χ0v) is 17.0. The van der Waals surface area contributed by atoms with Crippen LogP contribution in [0.25, 0.3) is 0 Å². The molecule has 29 heavy (non-hydrogen) atoms. The molecule has 2 heterocycles. The molecule has 1 aliphatic heterocycles. The highest BCUT2D eigenvalue weighted by molar-refractivity contribution is 6.19. The summed E-state index contributed by atoms with van der Waals surface area (Å²) in [5.41, 5.74) is 2.16. The van der Waals surface area contributed by atoms with Crippen molar-refractivity contribution in [3.8, 4) is 0 Å². The van der Waals surface area contributed by atoms with Gasteiger partial charge >= 0.3 is 6.18 Å². The van der Waals surface area contributed by atoms with E-state index < -0.39 is 23.6 Å². The zero-order valence-electron chi connectivity index (χ0n) is 17.0. The molecular formula is C20H26F3N3O3. The van der Waals surface area contributed by atoms with E-state index in [4.69, 9.17) is 4.74 Å². The van der Waals surface area contributed by atoms with Gasteiger partial charge < -0.3 is 4.74 Å². The molecule has 2 amide bonds. The van der Waals surface area contributed by atoms with E-state index >= 15 is 0 Å². The van der Waals surface area contributed by atoms with Gasteiger partial charge in [-0.1, -0.05) is 20.8 Å². The number of hydrazine groups is 1. The van der Waals surface area contributed by atoms with Gasteiger partial charge in [0.2, 0.25) is 0 Å². The number of pyridine rings is 1. The van der Waals surface area contributed by atoms with E-state index in [1.807, 2.05) is 0 Å². The van der Waals surface area contributed by atoms with Crippen molar-refractivity contribution in [2.45, 2.75) is 53.1 Å². The lowest BCUT2D eigenvalue weighted by atomic mass is 10.1. The number of alkyl halides is 3. The second kappa shape index (κ2) is 9.39. The first kappa shape index (κ1) is 22.9. The number of halogens is 3. The fourth-order valence-corrected chi connectivity index (χ4v) is 2.88. The minimum absolute atomic E-state index is 0.00113. The molecule has 0 spiro atoms. The van der Waals surface area contributed by atoms with Crippen LogP contribution in [0.2, 0.25) is 0 Å². The van der Waals surface area contributed by atoms with Crippen molar-refractivity contribution < 1.29 is 27.5 Å². The first-order chi connectivity index (χ1) is 13.6. The van der Waals surface area contributed by atoms with Gasteiger partial charge in [0, 0.05) is 24.2 Å². The summed E-state index contributed by atoms with van der Waals surface area (Å²) >= 11 is 0. The molecule has 0 aliphatic carbocycles. The molecule has 160 valence electrons. The molecule has 0 saturated heterocycles. The molecule has 0 bridgehead atoms. The van der Waals surface area contributed by atoms with Gasteiger partial charge in [-0.2, -0.15) is 18.2 Å². The number of ether oxygens (including phenoxy) is 1. The van der Waals surface area contributed by atoms with Gasteiger partial charge in [-0.15, -0.1) is 0 Å². The number of anilines is 1. The van der Waals surface area contributed by atoms with Crippen LogP contribution in [-0.2, 0) is 26.9 Å². The quantitative estimate of drug-likeness (QED) is 0.487. The molecule has 1 N–H and O–H groups in total. The second-order valence-corrected chi connectivity index (χ2v) is 7.25. The van der Waals surface area contributed by atoms with Crippen LogP contribution in [0.3, 0.4) is 0 Å². The summed E-state index contributed by atoms with van der Waals surface area (Å²) in [6, 6.07) is 1.99. The van der Waals surface area contributed by atoms with E-state index in [-0.39, 0.29) is 29.9 Å². The summed E-state index contributed by atoms with van der Waals surface area (Å²) in [4.78, 5) is 29.0. The molecule has 0 fully saturated rings. The summed E-state index contributed by atoms with van der Waals surface area (Å²) in [6.07, 6.45) is -3.27. The molecule has 1 aromatic rings. The van der Waals surface area contributed by atoms with Crippen molar-refractivity contribution in [1.29, 1.82) is 0 Å². The molecule has 0 radical (unpaired) electrons. The van der Waals surface area contributed by atoms with Gasteiger partial charge in [0.15, 0.2) is 0 Å². The van der Waals surface area contributed by atoms with Crippen LogP contribution in [0.5, 0.6) is 0 Å². The van der Waals surface area contributed by atoms with Crippen LogP contribution < -0.4 is 5.43 Å². The fourth-order valence-electron chi connectivity index (χ4n) is 2.88. The number of rotatable bonds is 9. The van der Waals surface area contributed by atoms with Gasteiger partial charge in [-0.25, -0.2) is 4.98 Å². The minimum Gasteiger partial charge on any atom is -0.381 e. The Morgan fingerprint density at radius 1 is 1.17 bits per heavy atom. The van der Waals surface area contributed by atoms with Gasteiger partial charge in [0.25, 0.3) is 11.8 Å². The number of aromatic nitrogens is 1. The van der Waals surface area contributed by atoms with Crippen molar-refractivity contribution >= 4 is 17.6 Å². The number of nitrogens with one attached hydrogen (secondary N) is 1. The summed E-state index contributed by atoms with van der Waals surface area (Å²) < 4.78 is 44.6. The van der Waals surface area contributed by atoms with E-state index in [0.717, 1.165) is 23.6 Å². The zero-order chi connectivity index (χ0) is 21.8. The number of imide groups is 1. The van der Waals surface area contributed by atoms with Gasteiger partial charge in [0.1, 0.15) is 5.82 Å². The van der Waals surface area contributed by atoms with Crippen LogP contribution in [0.15, 0.2) is 23.3 Å². The predicted octanol–water partition coefficient (Wildman–Crippen LogP) is 4.13. The van der Waals surface area contributed by atoms with E-state index in [1.54, 1.807) is 13.8 Å². The molecule has 6 nitrogen and oxygen atoms in total. The summed E-state index contributed by atoms with van der Waals surface area (Å²) in [6.45, 7) is 8.14. The third kappa shape index (κ3) is 5.56. The largest absolute Gasteiger partial charge is 0.418 e. The third-order valence-corrected chi connectivity index (χ3v) is 4.61. The monoisotopic (exact) mass is 413 g/mol. The Hall–Kier alpha value is -2.42. The Morgan fingerprint density at radius 2 is 1.86 bits per heavy atom. The van der Waals surface area contributed by atoms with E-state index in [2.05, 4.69) is 24.3 Å². The van der Waals surface area contributed by atoms with Crippen molar-refractivity contribution in [2.24, 2.45) is 5.92 Å². The topological polar surface area (TPSA) is 71.5 Å². The summed E-state index contributed by atoms with van der Waals surface area (Å²) in [5.74, 6) is -0.583. The van der Waals surface area contributed by atoms with Crippen molar-refractivity contribution in [3.05, 3.63) is 34.5 Å². The molecule has 1 aliphatic rings. The smallest absolute Gasteiger partial charge is 0.381 e. The number of nitrogens with zero attached hydrogens (tertiary/aromatic N) is 2. The lowest BCUT2D eigenvalue weighted by Crippen LogP contribution is -2.37. The maximum atomic E-state index is 13.0. The Kier molecular flexibility index (Phi) is 7.40. The lowest BCUT2D eigenvalue weighted by Gasteiger charge is -2.18. The van der Waals surface area contributed by atoms with Crippen LogP contribution in [0.4, 0.5) is 19.0 Å². The van der Waals surface area contributed by atoms with Crippen LogP contribution in [0, 0.1) is 5.92 Å². The number of aryl methyl sites for hydroxylation is 1. The fraction of sp³-hybridized carbons (Fsp3) is 0.550.